The third-order valence-corrected chi connectivity index (χ3v) is 4.42. The van der Waals surface area contributed by atoms with E-state index < -0.39 is 0 Å². The molecule has 2 rings (SSSR count). The summed E-state index contributed by atoms with van der Waals surface area (Å²) in [5, 5.41) is 2.89. The fourth-order valence-corrected chi connectivity index (χ4v) is 2.64. The molecular formula is C21H30N2O3. The van der Waals surface area contributed by atoms with Crippen LogP contribution in [-0.4, -0.2) is 37.0 Å². The van der Waals surface area contributed by atoms with Crippen molar-refractivity contribution in [2.45, 2.75) is 40.2 Å². The van der Waals surface area contributed by atoms with Crippen molar-refractivity contribution in [3.8, 4) is 5.75 Å². The zero-order valence-electron chi connectivity index (χ0n) is 16.2. The highest BCUT2D eigenvalue weighted by molar-refractivity contribution is 5.91. The first kappa shape index (κ1) is 20.0. The highest BCUT2D eigenvalue weighted by Crippen LogP contribution is 2.19. The molecule has 5 heteroatoms. The van der Waals surface area contributed by atoms with E-state index in [1.807, 2.05) is 12.1 Å². The molecule has 0 aliphatic carbocycles. The average Bonchev–Trinajstić information content (AvgIpc) is 3.13. The summed E-state index contributed by atoms with van der Waals surface area (Å²) in [4.78, 5) is 14.4. The lowest BCUT2D eigenvalue weighted by atomic mass is 10.0. The van der Waals surface area contributed by atoms with Gasteiger partial charge in [-0.15, -0.1) is 0 Å². The van der Waals surface area contributed by atoms with Crippen LogP contribution < -0.4 is 10.1 Å². The lowest BCUT2D eigenvalue weighted by Gasteiger charge is -2.17. The number of rotatable bonds is 10. The Labute approximate surface area is 156 Å². The number of likely N-dealkylation sites (N-methyl/N-ethyl adjacent to an activating group) is 1. The summed E-state index contributed by atoms with van der Waals surface area (Å²) < 4.78 is 11.3. The summed E-state index contributed by atoms with van der Waals surface area (Å²) in [6, 6.07) is 11.5. The van der Waals surface area contributed by atoms with Gasteiger partial charge in [0.2, 0.25) is 0 Å². The number of carbonyl (C=O) groups is 1. The molecule has 2 aromatic rings. The van der Waals surface area contributed by atoms with Crippen molar-refractivity contribution >= 4 is 5.91 Å². The van der Waals surface area contributed by atoms with Crippen molar-refractivity contribution in [1.29, 1.82) is 0 Å². The van der Waals surface area contributed by atoms with E-state index in [0.29, 0.717) is 30.6 Å². The second-order valence-corrected chi connectivity index (χ2v) is 6.56. The zero-order chi connectivity index (χ0) is 18.9. The molecule has 0 unspecified atom stereocenters. The van der Waals surface area contributed by atoms with E-state index in [9.17, 15) is 4.79 Å². The minimum absolute atomic E-state index is 0.190. The number of hydrogen-bond acceptors (Lipinski definition) is 4. The summed E-state index contributed by atoms with van der Waals surface area (Å²) in [7, 11) is 0. The van der Waals surface area contributed by atoms with Gasteiger partial charge in [0, 0.05) is 13.1 Å². The Morgan fingerprint density at radius 3 is 2.42 bits per heavy atom. The molecule has 0 aliphatic heterocycles. The molecule has 0 bridgehead atoms. The normalized spacial score (nSPS) is 11.2. The Morgan fingerprint density at radius 2 is 1.81 bits per heavy atom. The number of carbonyl (C=O) groups excluding carboxylic acids is 1. The minimum atomic E-state index is -0.190. The molecule has 0 aliphatic rings. The Morgan fingerprint density at radius 1 is 1.12 bits per heavy atom. The van der Waals surface area contributed by atoms with Crippen molar-refractivity contribution in [1.82, 2.24) is 10.2 Å². The van der Waals surface area contributed by atoms with Crippen LogP contribution in [0.5, 0.6) is 5.75 Å². The molecule has 0 atom stereocenters. The molecule has 5 nitrogen and oxygen atoms in total. The predicted molar refractivity (Wildman–Crippen MR) is 104 cm³/mol. The number of nitrogens with one attached hydrogen (secondary N) is 1. The SMILES string of the molecule is CCN(CC)CCNC(=O)c1ccc(COc2ccc(C(C)C)cc2)o1. The highest BCUT2D eigenvalue weighted by Gasteiger charge is 2.11. The third-order valence-electron chi connectivity index (χ3n) is 4.42. The fourth-order valence-electron chi connectivity index (χ4n) is 2.64. The average molecular weight is 358 g/mol. The molecule has 1 aromatic carbocycles. The van der Waals surface area contributed by atoms with Crippen LogP contribution in [-0.2, 0) is 6.61 Å². The smallest absolute Gasteiger partial charge is 0.287 e. The molecule has 0 radical (unpaired) electrons. The van der Waals surface area contributed by atoms with Crippen LogP contribution in [0, 0.1) is 0 Å². The number of ether oxygens (including phenoxy) is 1. The first-order chi connectivity index (χ1) is 12.5. The molecule has 0 fully saturated rings. The molecule has 1 amide bonds. The molecule has 0 spiro atoms. The van der Waals surface area contributed by atoms with Gasteiger partial charge in [0.15, 0.2) is 5.76 Å². The Balaban J connectivity index is 1.80. The molecule has 1 heterocycles. The van der Waals surface area contributed by atoms with E-state index in [0.717, 1.165) is 25.4 Å². The second-order valence-electron chi connectivity index (χ2n) is 6.56. The summed E-state index contributed by atoms with van der Waals surface area (Å²) >= 11 is 0. The van der Waals surface area contributed by atoms with E-state index >= 15 is 0 Å². The largest absolute Gasteiger partial charge is 0.486 e. The summed E-state index contributed by atoms with van der Waals surface area (Å²) in [5.41, 5.74) is 1.28. The van der Waals surface area contributed by atoms with Gasteiger partial charge in [0.1, 0.15) is 18.1 Å². The van der Waals surface area contributed by atoms with Gasteiger partial charge in [-0.25, -0.2) is 0 Å². The molecular weight excluding hydrogens is 328 g/mol. The molecule has 1 aromatic heterocycles. The third kappa shape index (κ3) is 5.92. The zero-order valence-corrected chi connectivity index (χ0v) is 16.2. The van der Waals surface area contributed by atoms with E-state index in [1.165, 1.54) is 5.56 Å². The van der Waals surface area contributed by atoms with Crippen LogP contribution in [0.4, 0.5) is 0 Å². The van der Waals surface area contributed by atoms with E-state index in [-0.39, 0.29) is 5.91 Å². The standard InChI is InChI=1S/C21H30N2O3/c1-5-23(6-2)14-13-22-21(24)20-12-11-19(26-20)15-25-18-9-7-17(8-10-18)16(3)4/h7-12,16H,5-6,13-15H2,1-4H3,(H,22,24). The number of amides is 1. The van der Waals surface area contributed by atoms with Gasteiger partial charge < -0.3 is 19.4 Å². The van der Waals surface area contributed by atoms with Crippen LogP contribution in [0.2, 0.25) is 0 Å². The Bertz CT molecular complexity index is 673. The summed E-state index contributed by atoms with van der Waals surface area (Å²) in [5.74, 6) is 2.04. The number of benzene rings is 1. The van der Waals surface area contributed by atoms with Gasteiger partial charge in [-0.1, -0.05) is 39.8 Å². The lowest BCUT2D eigenvalue weighted by molar-refractivity contribution is 0.0917. The Kier molecular flexibility index (Phi) is 7.73. The quantitative estimate of drug-likeness (QED) is 0.696. The summed E-state index contributed by atoms with van der Waals surface area (Å²) in [6.45, 7) is 12.2. The van der Waals surface area contributed by atoms with Gasteiger partial charge in [-0.2, -0.15) is 0 Å². The molecule has 142 valence electrons. The number of furan rings is 1. The molecule has 0 saturated heterocycles. The predicted octanol–water partition coefficient (Wildman–Crippen LogP) is 4.05. The maximum atomic E-state index is 12.1. The molecule has 26 heavy (non-hydrogen) atoms. The van der Waals surface area contributed by atoms with Gasteiger partial charge in [0.05, 0.1) is 0 Å². The maximum Gasteiger partial charge on any atom is 0.287 e. The van der Waals surface area contributed by atoms with Crippen LogP contribution in [0.25, 0.3) is 0 Å². The monoisotopic (exact) mass is 358 g/mol. The first-order valence-electron chi connectivity index (χ1n) is 9.35. The minimum Gasteiger partial charge on any atom is -0.486 e. The van der Waals surface area contributed by atoms with E-state index in [2.05, 4.69) is 50.0 Å². The van der Waals surface area contributed by atoms with Crippen molar-refractivity contribution in [3.63, 3.8) is 0 Å². The van der Waals surface area contributed by atoms with Crippen molar-refractivity contribution in [2.75, 3.05) is 26.2 Å². The maximum absolute atomic E-state index is 12.1. The lowest BCUT2D eigenvalue weighted by Crippen LogP contribution is -2.34. The van der Waals surface area contributed by atoms with Crippen LogP contribution in [0.15, 0.2) is 40.8 Å². The van der Waals surface area contributed by atoms with Crippen LogP contribution in [0.3, 0.4) is 0 Å². The van der Waals surface area contributed by atoms with Gasteiger partial charge in [0.25, 0.3) is 5.91 Å². The van der Waals surface area contributed by atoms with Crippen molar-refractivity contribution < 1.29 is 13.9 Å². The fraction of sp³-hybridized carbons (Fsp3) is 0.476. The van der Waals surface area contributed by atoms with Gasteiger partial charge >= 0.3 is 0 Å². The van der Waals surface area contributed by atoms with Crippen LogP contribution >= 0.6 is 0 Å². The van der Waals surface area contributed by atoms with Gasteiger partial charge in [-0.05, 0) is 48.8 Å². The number of hydrogen-bond donors (Lipinski definition) is 1. The van der Waals surface area contributed by atoms with Crippen LogP contribution in [0.1, 0.15) is 55.5 Å². The topological polar surface area (TPSA) is 54.7 Å². The highest BCUT2D eigenvalue weighted by atomic mass is 16.5. The number of nitrogens with zero attached hydrogens (tertiary/aromatic N) is 1. The Hall–Kier alpha value is -2.27. The van der Waals surface area contributed by atoms with E-state index in [4.69, 9.17) is 9.15 Å². The summed E-state index contributed by atoms with van der Waals surface area (Å²) in [6.07, 6.45) is 0. The first-order valence-corrected chi connectivity index (χ1v) is 9.35. The van der Waals surface area contributed by atoms with E-state index in [1.54, 1.807) is 12.1 Å². The molecule has 1 N–H and O–H groups in total. The second kappa shape index (κ2) is 10.0. The molecule has 0 saturated carbocycles. The van der Waals surface area contributed by atoms with Crippen molar-refractivity contribution in [3.05, 3.63) is 53.5 Å². The van der Waals surface area contributed by atoms with Crippen molar-refractivity contribution in [2.24, 2.45) is 0 Å². The van der Waals surface area contributed by atoms with Gasteiger partial charge in [-0.3, -0.25) is 4.79 Å².